The molecule has 6 nitrogen and oxygen atoms in total. The lowest BCUT2D eigenvalue weighted by Crippen LogP contribution is -2.64. The van der Waals surface area contributed by atoms with Gasteiger partial charge in [-0.05, 0) is 65.2 Å². The van der Waals surface area contributed by atoms with Crippen LogP contribution in [0.2, 0.25) is 0 Å². The highest BCUT2D eigenvalue weighted by Crippen LogP contribution is 2.41. The van der Waals surface area contributed by atoms with E-state index in [1.165, 1.54) is 0 Å². The van der Waals surface area contributed by atoms with Gasteiger partial charge in [0.15, 0.2) is 0 Å². The lowest BCUT2D eigenvalue weighted by Gasteiger charge is -2.51. The molecule has 24 heavy (non-hydrogen) atoms. The molecule has 4 fully saturated rings. The predicted molar refractivity (Wildman–Crippen MR) is 88.0 cm³/mol. The first-order valence-electron chi connectivity index (χ1n) is 9.03. The van der Waals surface area contributed by atoms with E-state index >= 15 is 0 Å². The first-order valence-corrected chi connectivity index (χ1v) is 9.03. The summed E-state index contributed by atoms with van der Waals surface area (Å²) < 4.78 is 5.58. The molecule has 2 amide bonds. The Morgan fingerprint density at radius 3 is 2.38 bits per heavy atom. The number of amides is 2. The molecule has 0 N–H and O–H groups in total. The van der Waals surface area contributed by atoms with Crippen molar-refractivity contribution < 1.29 is 14.3 Å². The minimum absolute atomic E-state index is 0.0562. The van der Waals surface area contributed by atoms with E-state index < -0.39 is 11.6 Å². The van der Waals surface area contributed by atoms with Crippen LogP contribution in [0.5, 0.6) is 0 Å². The molecule has 1 saturated carbocycles. The van der Waals surface area contributed by atoms with E-state index in [2.05, 4.69) is 6.07 Å². The van der Waals surface area contributed by atoms with Crippen molar-refractivity contribution in [3.05, 3.63) is 0 Å². The molecule has 6 heteroatoms. The summed E-state index contributed by atoms with van der Waals surface area (Å²) in [5, 5.41) is 9.29. The van der Waals surface area contributed by atoms with Gasteiger partial charge in [-0.25, -0.2) is 4.79 Å². The summed E-state index contributed by atoms with van der Waals surface area (Å²) in [5.74, 6) is 0.134. The first kappa shape index (κ1) is 17.1. The Balaban J connectivity index is 1.84. The molecule has 3 saturated heterocycles. The molecule has 4 aliphatic rings. The minimum atomic E-state index is -0.579. The van der Waals surface area contributed by atoms with Crippen molar-refractivity contribution in [1.82, 2.24) is 9.80 Å². The number of ether oxygens (including phenoxy) is 1. The van der Waals surface area contributed by atoms with Gasteiger partial charge in [-0.3, -0.25) is 9.69 Å². The van der Waals surface area contributed by atoms with Crippen LogP contribution in [0.15, 0.2) is 0 Å². The molecule has 0 radical (unpaired) electrons. The number of hydrogen-bond donors (Lipinski definition) is 0. The number of carbonyl (C=O) groups is 2. The SMILES string of the molecule is CC(C)(C)OC(=O)N1C2CCC(CC2)[C@H]1C(=O)N1CCC[C@H]1C#N. The van der Waals surface area contributed by atoms with Crippen molar-refractivity contribution in [3.63, 3.8) is 0 Å². The summed E-state index contributed by atoms with van der Waals surface area (Å²) in [4.78, 5) is 29.3. The fourth-order valence-corrected chi connectivity index (χ4v) is 4.38. The van der Waals surface area contributed by atoms with Gasteiger partial charge in [0, 0.05) is 12.6 Å². The van der Waals surface area contributed by atoms with Crippen LogP contribution in [0.1, 0.15) is 59.3 Å². The second kappa shape index (κ2) is 6.27. The van der Waals surface area contributed by atoms with Gasteiger partial charge in [-0.1, -0.05) is 0 Å². The summed E-state index contributed by atoms with van der Waals surface area (Å²) in [5.41, 5.74) is -0.579. The quantitative estimate of drug-likeness (QED) is 0.739. The number of likely N-dealkylation sites (tertiary alicyclic amines) is 1. The Kier molecular flexibility index (Phi) is 4.46. The number of nitrogens with zero attached hydrogens (tertiary/aromatic N) is 3. The van der Waals surface area contributed by atoms with Crippen LogP contribution in [0.25, 0.3) is 0 Å². The maximum Gasteiger partial charge on any atom is 0.411 e. The third kappa shape index (κ3) is 3.09. The summed E-state index contributed by atoms with van der Waals surface area (Å²) in [6.45, 7) is 6.15. The number of carbonyl (C=O) groups excluding carboxylic acids is 2. The van der Waals surface area contributed by atoms with Crippen molar-refractivity contribution in [1.29, 1.82) is 5.26 Å². The molecule has 0 spiro atoms. The number of fused-ring (bicyclic) bond motifs is 3. The average Bonchev–Trinajstić information content (AvgIpc) is 3.01. The van der Waals surface area contributed by atoms with Gasteiger partial charge in [-0.15, -0.1) is 0 Å². The molecule has 3 heterocycles. The Morgan fingerprint density at radius 1 is 1.12 bits per heavy atom. The topological polar surface area (TPSA) is 73.6 Å². The highest BCUT2D eigenvalue weighted by Gasteiger charge is 2.51. The first-order chi connectivity index (χ1) is 11.3. The highest BCUT2D eigenvalue weighted by molar-refractivity contribution is 5.87. The smallest absolute Gasteiger partial charge is 0.411 e. The zero-order chi connectivity index (χ0) is 17.5. The van der Waals surface area contributed by atoms with Crippen molar-refractivity contribution in [2.24, 2.45) is 5.92 Å². The monoisotopic (exact) mass is 333 g/mol. The van der Waals surface area contributed by atoms with Gasteiger partial charge in [-0.2, -0.15) is 5.26 Å². The van der Waals surface area contributed by atoms with Gasteiger partial charge in [0.25, 0.3) is 0 Å². The number of piperidine rings is 2. The maximum atomic E-state index is 13.2. The van der Waals surface area contributed by atoms with Crippen LogP contribution in [0, 0.1) is 17.2 Å². The van der Waals surface area contributed by atoms with E-state index in [9.17, 15) is 14.9 Å². The van der Waals surface area contributed by atoms with Crippen LogP contribution < -0.4 is 0 Å². The lowest BCUT2D eigenvalue weighted by molar-refractivity contribution is -0.145. The zero-order valence-electron chi connectivity index (χ0n) is 14.8. The van der Waals surface area contributed by atoms with Crippen LogP contribution >= 0.6 is 0 Å². The Hall–Kier alpha value is -1.77. The Labute approximate surface area is 143 Å². The van der Waals surface area contributed by atoms with Gasteiger partial charge in [0.1, 0.15) is 17.7 Å². The van der Waals surface area contributed by atoms with E-state index in [0.717, 1.165) is 38.5 Å². The molecule has 2 atom stereocenters. The van der Waals surface area contributed by atoms with Crippen molar-refractivity contribution >= 4 is 12.0 Å². The summed E-state index contributed by atoms with van der Waals surface area (Å²) in [7, 11) is 0. The molecule has 132 valence electrons. The molecular weight excluding hydrogens is 306 g/mol. The normalized spacial score (nSPS) is 32.6. The summed E-state index contributed by atoms with van der Waals surface area (Å²) in [6, 6.07) is 1.51. The van der Waals surface area contributed by atoms with Gasteiger partial charge in [0.2, 0.25) is 5.91 Å². The van der Waals surface area contributed by atoms with Crippen molar-refractivity contribution in [2.75, 3.05) is 6.54 Å². The third-order valence-corrected chi connectivity index (χ3v) is 5.42. The fraction of sp³-hybridized carbons (Fsp3) is 0.833. The number of hydrogen-bond acceptors (Lipinski definition) is 4. The largest absolute Gasteiger partial charge is 0.444 e. The fourth-order valence-electron chi connectivity index (χ4n) is 4.38. The number of rotatable bonds is 1. The molecule has 2 bridgehead atoms. The van der Waals surface area contributed by atoms with Crippen LogP contribution in [0.4, 0.5) is 4.79 Å². The third-order valence-electron chi connectivity index (χ3n) is 5.42. The second-order valence-electron chi connectivity index (χ2n) is 8.22. The van der Waals surface area contributed by atoms with E-state index in [1.54, 1.807) is 9.80 Å². The molecule has 4 rings (SSSR count). The molecule has 0 aromatic rings. The average molecular weight is 333 g/mol. The molecular formula is C18H27N3O3. The molecule has 1 aliphatic carbocycles. The lowest BCUT2D eigenvalue weighted by atomic mass is 9.74. The van der Waals surface area contributed by atoms with Gasteiger partial charge in [0.05, 0.1) is 6.07 Å². The van der Waals surface area contributed by atoms with Crippen molar-refractivity contribution in [3.8, 4) is 6.07 Å². The Bertz CT molecular complexity index is 555. The molecule has 3 aliphatic heterocycles. The van der Waals surface area contributed by atoms with E-state index in [4.69, 9.17) is 4.74 Å². The zero-order valence-corrected chi connectivity index (χ0v) is 14.8. The van der Waals surface area contributed by atoms with E-state index in [1.807, 2.05) is 20.8 Å². The van der Waals surface area contributed by atoms with Gasteiger partial charge >= 0.3 is 6.09 Å². The molecule has 0 unspecified atom stereocenters. The standard InChI is InChI=1S/C18H27N3O3/c1-18(2,3)24-17(23)21-13-8-6-12(7-9-13)15(21)16(22)20-10-4-5-14(20)11-19/h12-15H,4-10H2,1-3H3/t12?,13?,14-,15-/m0/s1. The summed E-state index contributed by atoms with van der Waals surface area (Å²) >= 11 is 0. The molecule has 0 aromatic heterocycles. The van der Waals surface area contributed by atoms with Crippen LogP contribution in [-0.4, -0.2) is 52.1 Å². The highest BCUT2D eigenvalue weighted by atomic mass is 16.6. The minimum Gasteiger partial charge on any atom is -0.444 e. The molecule has 0 aromatic carbocycles. The maximum absolute atomic E-state index is 13.2. The second-order valence-corrected chi connectivity index (χ2v) is 8.22. The van der Waals surface area contributed by atoms with Crippen LogP contribution in [0.3, 0.4) is 0 Å². The van der Waals surface area contributed by atoms with E-state index in [-0.39, 0.29) is 30.0 Å². The van der Waals surface area contributed by atoms with Crippen molar-refractivity contribution in [2.45, 2.75) is 83.0 Å². The predicted octanol–water partition coefficient (Wildman–Crippen LogP) is 2.68. The Morgan fingerprint density at radius 2 is 1.79 bits per heavy atom. The van der Waals surface area contributed by atoms with Gasteiger partial charge < -0.3 is 9.64 Å². The van der Waals surface area contributed by atoms with E-state index in [0.29, 0.717) is 6.54 Å². The summed E-state index contributed by atoms with van der Waals surface area (Å²) in [6.07, 6.45) is 5.04. The number of nitriles is 1. The van der Waals surface area contributed by atoms with Crippen LogP contribution in [-0.2, 0) is 9.53 Å².